The van der Waals surface area contributed by atoms with Gasteiger partial charge >= 0.3 is 0 Å². The number of aliphatic hydroxyl groups excluding tert-OH is 2. The summed E-state index contributed by atoms with van der Waals surface area (Å²) >= 11 is 0. The molecule has 9 heteroatoms. The molecule has 2 rings (SSSR count). The van der Waals surface area contributed by atoms with Crippen molar-refractivity contribution in [1.82, 2.24) is 10.7 Å². The topological polar surface area (TPSA) is 132 Å². The molecule has 0 aliphatic rings. The number of nitrogens with zero attached hydrogens (tertiary/aromatic N) is 1. The molecule has 0 aliphatic heterocycles. The van der Waals surface area contributed by atoms with Crippen molar-refractivity contribution < 1.29 is 24.5 Å². The van der Waals surface area contributed by atoms with Crippen molar-refractivity contribution in [2.75, 3.05) is 38.2 Å². The summed E-state index contributed by atoms with van der Waals surface area (Å²) in [6, 6.07) is 14.1. The Kier molecular flexibility index (Phi) is 10.6. The van der Waals surface area contributed by atoms with Crippen LogP contribution >= 0.6 is 0 Å². The van der Waals surface area contributed by atoms with E-state index in [1.54, 1.807) is 42.5 Å². The normalized spacial score (nSPS) is 10.6. The number of rotatable bonds is 13. The van der Waals surface area contributed by atoms with E-state index in [0.29, 0.717) is 30.7 Å². The van der Waals surface area contributed by atoms with Crippen LogP contribution in [-0.2, 0) is 4.79 Å². The summed E-state index contributed by atoms with van der Waals surface area (Å²) < 4.78 is 5.33. The van der Waals surface area contributed by atoms with Crippen molar-refractivity contribution in [3.63, 3.8) is 0 Å². The van der Waals surface area contributed by atoms with Gasteiger partial charge in [-0.2, -0.15) is 5.10 Å². The van der Waals surface area contributed by atoms with Crippen LogP contribution in [0, 0.1) is 0 Å². The monoisotopic (exact) mass is 428 g/mol. The van der Waals surface area contributed by atoms with E-state index in [1.165, 1.54) is 6.21 Å². The molecule has 0 aromatic heterocycles. The maximum absolute atomic E-state index is 12.2. The van der Waals surface area contributed by atoms with Gasteiger partial charge in [-0.25, -0.2) is 5.43 Å². The first-order valence-electron chi connectivity index (χ1n) is 10.0. The quantitative estimate of drug-likeness (QED) is 0.185. The third kappa shape index (κ3) is 9.28. The molecule has 2 amide bonds. The van der Waals surface area contributed by atoms with Crippen LogP contribution in [0.4, 0.5) is 5.69 Å². The molecule has 0 bridgehead atoms. The van der Waals surface area contributed by atoms with Gasteiger partial charge in [-0.3, -0.25) is 9.59 Å². The van der Waals surface area contributed by atoms with Gasteiger partial charge in [0.25, 0.3) is 5.91 Å². The van der Waals surface area contributed by atoms with Crippen LogP contribution in [-0.4, -0.2) is 61.2 Å². The number of carbonyl (C=O) groups excluding carboxylic acids is 2. The van der Waals surface area contributed by atoms with Crippen molar-refractivity contribution in [2.24, 2.45) is 5.10 Å². The molecule has 0 saturated heterocycles. The highest BCUT2D eigenvalue weighted by Crippen LogP contribution is 2.12. The second kappa shape index (κ2) is 13.7. The predicted octanol–water partition coefficient (Wildman–Crippen LogP) is 1.12. The molecule has 0 unspecified atom stereocenters. The van der Waals surface area contributed by atoms with Crippen molar-refractivity contribution in [2.45, 2.75) is 12.8 Å². The lowest BCUT2D eigenvalue weighted by molar-refractivity contribution is -0.121. The van der Waals surface area contributed by atoms with Gasteiger partial charge in [0.1, 0.15) is 12.4 Å². The Balaban J connectivity index is 1.75. The number of benzene rings is 2. The molecule has 0 heterocycles. The zero-order valence-corrected chi connectivity index (χ0v) is 17.2. The van der Waals surface area contributed by atoms with E-state index < -0.39 is 0 Å². The van der Waals surface area contributed by atoms with Crippen molar-refractivity contribution >= 4 is 23.7 Å². The lowest BCUT2D eigenvalue weighted by Crippen LogP contribution is -2.26. The number of carbonyl (C=O) groups is 2. The zero-order chi connectivity index (χ0) is 22.3. The number of ether oxygens (including phenoxy) is 1. The van der Waals surface area contributed by atoms with Crippen LogP contribution in [0.3, 0.4) is 0 Å². The fraction of sp³-hybridized carbons (Fsp3) is 0.318. The molecule has 0 fully saturated rings. The number of amides is 2. The second-order valence-corrected chi connectivity index (χ2v) is 6.52. The first-order chi connectivity index (χ1) is 15.1. The number of hydrogen-bond acceptors (Lipinski definition) is 7. The SMILES string of the molecule is O=C(CCCNc1ccc(C(=O)N/N=C/c2cccc(OCCO)c2)cc1)NCCO. The average Bonchev–Trinajstić information content (AvgIpc) is 2.79. The second-order valence-electron chi connectivity index (χ2n) is 6.52. The van der Waals surface area contributed by atoms with Gasteiger partial charge in [0, 0.05) is 30.8 Å². The highest BCUT2D eigenvalue weighted by Gasteiger charge is 2.04. The Labute approximate surface area is 181 Å². The summed E-state index contributed by atoms with van der Waals surface area (Å²) in [6.07, 6.45) is 2.54. The van der Waals surface area contributed by atoms with E-state index in [2.05, 4.69) is 21.2 Å². The minimum absolute atomic E-state index is 0.0642. The molecule has 9 nitrogen and oxygen atoms in total. The fourth-order valence-corrected chi connectivity index (χ4v) is 2.58. The molecule has 2 aromatic rings. The molecule has 0 aliphatic carbocycles. The number of nitrogens with one attached hydrogen (secondary N) is 3. The largest absolute Gasteiger partial charge is 0.491 e. The van der Waals surface area contributed by atoms with Gasteiger partial charge in [0.05, 0.1) is 19.4 Å². The summed E-state index contributed by atoms with van der Waals surface area (Å²) in [6.45, 7) is 0.963. The van der Waals surface area contributed by atoms with Gasteiger partial charge in [-0.05, 0) is 48.4 Å². The summed E-state index contributed by atoms with van der Waals surface area (Å²) in [5.41, 5.74) is 4.54. The lowest BCUT2D eigenvalue weighted by Gasteiger charge is -2.07. The van der Waals surface area contributed by atoms with Crippen molar-refractivity contribution in [3.05, 3.63) is 59.7 Å². The summed E-state index contributed by atoms with van der Waals surface area (Å²) in [5, 5.41) is 27.2. The molecule has 0 saturated carbocycles. The summed E-state index contributed by atoms with van der Waals surface area (Å²) in [4.78, 5) is 23.7. The zero-order valence-electron chi connectivity index (χ0n) is 17.2. The molecular weight excluding hydrogens is 400 g/mol. The van der Waals surface area contributed by atoms with Crippen LogP contribution in [0.2, 0.25) is 0 Å². The molecular formula is C22H28N4O5. The van der Waals surface area contributed by atoms with Gasteiger partial charge in [0.2, 0.25) is 5.91 Å². The minimum atomic E-state index is -0.337. The molecule has 2 aromatic carbocycles. The van der Waals surface area contributed by atoms with Crippen LogP contribution in [0.15, 0.2) is 53.6 Å². The Hall–Kier alpha value is -3.43. The van der Waals surface area contributed by atoms with Crippen LogP contribution in [0.25, 0.3) is 0 Å². The first kappa shape index (κ1) is 23.8. The van der Waals surface area contributed by atoms with Gasteiger partial charge < -0.3 is 25.6 Å². The summed E-state index contributed by atoms with van der Waals surface area (Å²) in [5.74, 6) is 0.182. The Morgan fingerprint density at radius 2 is 1.84 bits per heavy atom. The van der Waals surface area contributed by atoms with Crippen molar-refractivity contribution in [3.8, 4) is 5.75 Å². The van der Waals surface area contributed by atoms with E-state index in [4.69, 9.17) is 14.9 Å². The predicted molar refractivity (Wildman–Crippen MR) is 118 cm³/mol. The third-order valence-corrected chi connectivity index (χ3v) is 4.09. The lowest BCUT2D eigenvalue weighted by atomic mass is 10.2. The van der Waals surface area contributed by atoms with Crippen LogP contribution < -0.4 is 20.8 Å². The van der Waals surface area contributed by atoms with E-state index in [1.807, 2.05) is 6.07 Å². The smallest absolute Gasteiger partial charge is 0.271 e. The molecule has 31 heavy (non-hydrogen) atoms. The third-order valence-electron chi connectivity index (χ3n) is 4.09. The number of aliphatic hydroxyl groups is 2. The Morgan fingerprint density at radius 1 is 1.03 bits per heavy atom. The first-order valence-corrected chi connectivity index (χ1v) is 10.0. The number of hydrogen-bond donors (Lipinski definition) is 5. The van der Waals surface area contributed by atoms with Gasteiger partial charge in [-0.1, -0.05) is 12.1 Å². The van der Waals surface area contributed by atoms with E-state index in [-0.39, 0.29) is 38.2 Å². The number of anilines is 1. The van der Waals surface area contributed by atoms with Crippen LogP contribution in [0.1, 0.15) is 28.8 Å². The highest BCUT2D eigenvalue weighted by atomic mass is 16.5. The number of hydrazone groups is 1. The van der Waals surface area contributed by atoms with Gasteiger partial charge in [-0.15, -0.1) is 0 Å². The fourth-order valence-electron chi connectivity index (χ4n) is 2.58. The maximum atomic E-state index is 12.2. The van der Waals surface area contributed by atoms with E-state index in [0.717, 1.165) is 11.3 Å². The molecule has 0 atom stereocenters. The Morgan fingerprint density at radius 3 is 2.58 bits per heavy atom. The van der Waals surface area contributed by atoms with Gasteiger partial charge in [0.15, 0.2) is 0 Å². The standard InChI is InChI=1S/C22H28N4O5/c27-12-11-24-21(29)5-2-10-23-19-8-6-18(7-9-19)22(30)26-25-16-17-3-1-4-20(15-17)31-14-13-28/h1,3-4,6-9,15-16,23,27-28H,2,5,10-14H2,(H,24,29)(H,26,30)/b25-16+. The highest BCUT2D eigenvalue weighted by molar-refractivity contribution is 5.95. The molecule has 166 valence electrons. The molecule has 5 N–H and O–H groups in total. The van der Waals surface area contributed by atoms with Crippen molar-refractivity contribution in [1.29, 1.82) is 0 Å². The van der Waals surface area contributed by atoms with E-state index >= 15 is 0 Å². The molecule has 0 spiro atoms. The Bertz CT molecular complexity index is 855. The summed E-state index contributed by atoms with van der Waals surface area (Å²) in [7, 11) is 0. The van der Waals surface area contributed by atoms with Crippen LogP contribution in [0.5, 0.6) is 5.75 Å². The maximum Gasteiger partial charge on any atom is 0.271 e. The average molecular weight is 428 g/mol. The van der Waals surface area contributed by atoms with E-state index in [9.17, 15) is 9.59 Å². The molecule has 0 radical (unpaired) electrons. The minimum Gasteiger partial charge on any atom is -0.491 e.